The van der Waals surface area contributed by atoms with Crippen molar-refractivity contribution in [3.05, 3.63) is 65.2 Å². The number of para-hydroxylation sites is 1. The Morgan fingerprint density at radius 1 is 1.16 bits per heavy atom. The number of hydrogen-bond donors (Lipinski definition) is 3. The number of aliphatic hydroxyl groups excluding tert-OH is 1. The maximum absolute atomic E-state index is 14.1. The molecule has 3 heterocycles. The molecule has 8 nitrogen and oxygen atoms in total. The minimum Gasteiger partial charge on any atom is -0.394 e. The molecule has 5 rings (SSSR count). The van der Waals surface area contributed by atoms with E-state index in [1.165, 1.54) is 4.90 Å². The zero-order valence-electron chi connectivity index (χ0n) is 20.7. The smallest absolute Gasteiger partial charge is 0.250 e. The standard InChI is InChI=1S/C28H32ClN3O5/c1-2-14-30-25(34)22-21-12-13-28(37-21)23(22)27(36)32(18(16-33)15-17-8-4-3-5-9-17)24(28)26(35)31-20-11-7-6-10-19(20)29/h3-11,18,21-24,33H,2,12-16H2,1H3,(H,30,34)(H,31,35)/t18-,21+,22-,23+,24?,28?/m1/s1. The molecule has 3 fully saturated rings. The molecule has 2 bridgehead atoms. The third-order valence-corrected chi connectivity index (χ3v) is 8.22. The van der Waals surface area contributed by atoms with Gasteiger partial charge in [0.25, 0.3) is 0 Å². The van der Waals surface area contributed by atoms with Crippen LogP contribution in [0.1, 0.15) is 31.7 Å². The van der Waals surface area contributed by atoms with Gasteiger partial charge in [-0.1, -0.05) is 61.0 Å². The Hall–Kier alpha value is -2.94. The van der Waals surface area contributed by atoms with Gasteiger partial charge in [0, 0.05) is 6.54 Å². The van der Waals surface area contributed by atoms with Gasteiger partial charge in [-0.2, -0.15) is 0 Å². The molecule has 2 aromatic rings. The van der Waals surface area contributed by atoms with Gasteiger partial charge in [0.1, 0.15) is 11.6 Å². The Bertz CT molecular complexity index is 1180. The average molecular weight is 526 g/mol. The fourth-order valence-electron chi connectivity index (χ4n) is 6.35. The second-order valence-electron chi connectivity index (χ2n) is 10.1. The molecule has 196 valence electrons. The van der Waals surface area contributed by atoms with Gasteiger partial charge in [0.15, 0.2) is 0 Å². The lowest BCUT2D eigenvalue weighted by Crippen LogP contribution is -2.56. The van der Waals surface area contributed by atoms with Gasteiger partial charge in [-0.25, -0.2) is 0 Å². The Labute approximate surface area is 221 Å². The van der Waals surface area contributed by atoms with Gasteiger partial charge in [0.2, 0.25) is 17.7 Å². The third-order valence-electron chi connectivity index (χ3n) is 7.89. The van der Waals surface area contributed by atoms with Crippen molar-refractivity contribution in [2.24, 2.45) is 11.8 Å². The van der Waals surface area contributed by atoms with E-state index in [9.17, 15) is 19.5 Å². The highest BCUT2D eigenvalue weighted by Gasteiger charge is 2.75. The first-order chi connectivity index (χ1) is 17.9. The number of anilines is 1. The van der Waals surface area contributed by atoms with E-state index in [0.29, 0.717) is 36.5 Å². The summed E-state index contributed by atoms with van der Waals surface area (Å²) in [5.74, 6) is -2.46. The van der Waals surface area contributed by atoms with Crippen LogP contribution < -0.4 is 10.6 Å². The van der Waals surface area contributed by atoms with Gasteiger partial charge >= 0.3 is 0 Å². The molecule has 2 aromatic carbocycles. The van der Waals surface area contributed by atoms with E-state index >= 15 is 0 Å². The normalized spacial score (nSPS) is 28.7. The van der Waals surface area contributed by atoms with Crippen molar-refractivity contribution in [2.45, 2.75) is 56.4 Å². The molecule has 0 aliphatic carbocycles. The summed E-state index contributed by atoms with van der Waals surface area (Å²) in [6.45, 7) is 2.13. The number of hydrogen-bond acceptors (Lipinski definition) is 5. The summed E-state index contributed by atoms with van der Waals surface area (Å²) in [7, 11) is 0. The van der Waals surface area contributed by atoms with E-state index in [1.54, 1.807) is 24.3 Å². The van der Waals surface area contributed by atoms with Crippen LogP contribution in [0.15, 0.2) is 54.6 Å². The molecular weight excluding hydrogens is 494 g/mol. The van der Waals surface area contributed by atoms with Gasteiger partial charge in [-0.3, -0.25) is 14.4 Å². The first-order valence-corrected chi connectivity index (χ1v) is 13.3. The minimum atomic E-state index is -1.15. The average Bonchev–Trinajstić information content (AvgIpc) is 3.55. The van der Waals surface area contributed by atoms with Gasteiger partial charge in [0.05, 0.1) is 41.3 Å². The topological polar surface area (TPSA) is 108 Å². The predicted molar refractivity (Wildman–Crippen MR) is 139 cm³/mol. The summed E-state index contributed by atoms with van der Waals surface area (Å²) in [6, 6.07) is 14.7. The quantitative estimate of drug-likeness (QED) is 0.466. The molecule has 0 radical (unpaired) electrons. The summed E-state index contributed by atoms with van der Waals surface area (Å²) < 4.78 is 6.45. The number of halogens is 1. The highest BCUT2D eigenvalue weighted by Crippen LogP contribution is 2.59. The van der Waals surface area contributed by atoms with Crippen molar-refractivity contribution in [2.75, 3.05) is 18.5 Å². The highest BCUT2D eigenvalue weighted by molar-refractivity contribution is 6.33. The number of nitrogens with one attached hydrogen (secondary N) is 2. The number of likely N-dealkylation sites (tertiary alicyclic amines) is 1. The molecule has 3 N–H and O–H groups in total. The van der Waals surface area contributed by atoms with E-state index < -0.39 is 41.5 Å². The van der Waals surface area contributed by atoms with Gasteiger partial charge in [-0.15, -0.1) is 0 Å². The summed E-state index contributed by atoms with van der Waals surface area (Å²) in [5.41, 5.74) is 0.206. The SMILES string of the molecule is CCCNC(=O)[C@@H]1[C@@H]2CCC3(O2)C(C(=O)Nc2ccccc2Cl)N([C@@H](CO)Cc2ccccc2)C(=O)[C@H]13. The Kier molecular flexibility index (Phi) is 7.25. The Morgan fingerprint density at radius 3 is 2.59 bits per heavy atom. The number of carbonyl (C=O) groups is 3. The molecule has 3 saturated heterocycles. The number of benzene rings is 2. The van der Waals surface area contributed by atoms with Gasteiger partial charge < -0.3 is 25.4 Å². The lowest BCUT2D eigenvalue weighted by molar-refractivity contribution is -0.144. The molecule has 0 saturated carbocycles. The van der Waals surface area contributed by atoms with Crippen LogP contribution >= 0.6 is 11.6 Å². The predicted octanol–water partition coefficient (Wildman–Crippen LogP) is 2.78. The van der Waals surface area contributed by atoms with Crippen LogP contribution in [0.25, 0.3) is 0 Å². The maximum Gasteiger partial charge on any atom is 0.250 e. The summed E-state index contributed by atoms with van der Waals surface area (Å²) in [5, 5.41) is 16.6. The third kappa shape index (κ3) is 4.41. The Morgan fingerprint density at radius 2 is 1.89 bits per heavy atom. The van der Waals surface area contributed by atoms with Crippen molar-refractivity contribution >= 4 is 35.0 Å². The zero-order chi connectivity index (χ0) is 26.2. The number of fused-ring (bicyclic) bond motifs is 1. The van der Waals surface area contributed by atoms with Crippen LogP contribution in [-0.2, 0) is 25.5 Å². The number of rotatable bonds is 9. The second kappa shape index (κ2) is 10.4. The van der Waals surface area contributed by atoms with E-state index in [2.05, 4.69) is 10.6 Å². The molecular formula is C28H32ClN3O5. The van der Waals surface area contributed by atoms with E-state index in [0.717, 1.165) is 12.0 Å². The Balaban J connectivity index is 1.53. The largest absolute Gasteiger partial charge is 0.394 e. The van der Waals surface area contributed by atoms with E-state index in [4.69, 9.17) is 16.3 Å². The molecule has 9 heteroatoms. The second-order valence-corrected chi connectivity index (χ2v) is 10.5. The molecule has 3 aliphatic rings. The van der Waals surface area contributed by atoms with Crippen LogP contribution in [0.2, 0.25) is 5.02 Å². The van der Waals surface area contributed by atoms with Crippen molar-refractivity contribution in [1.29, 1.82) is 0 Å². The summed E-state index contributed by atoms with van der Waals surface area (Å²) >= 11 is 6.32. The van der Waals surface area contributed by atoms with Gasteiger partial charge in [-0.05, 0) is 43.4 Å². The first-order valence-electron chi connectivity index (χ1n) is 12.9. The molecule has 2 unspecified atom stereocenters. The fraction of sp³-hybridized carbons (Fsp3) is 0.464. The lowest BCUT2D eigenvalue weighted by Gasteiger charge is -2.36. The van der Waals surface area contributed by atoms with Crippen molar-refractivity contribution < 1.29 is 24.2 Å². The lowest BCUT2D eigenvalue weighted by atomic mass is 9.70. The van der Waals surface area contributed by atoms with Crippen molar-refractivity contribution in [3.8, 4) is 0 Å². The van der Waals surface area contributed by atoms with Crippen LogP contribution in [0.3, 0.4) is 0 Å². The van der Waals surface area contributed by atoms with Crippen molar-refractivity contribution in [3.63, 3.8) is 0 Å². The minimum absolute atomic E-state index is 0.220. The zero-order valence-corrected chi connectivity index (χ0v) is 21.5. The van der Waals surface area contributed by atoms with Crippen LogP contribution in [0, 0.1) is 11.8 Å². The maximum atomic E-state index is 14.1. The molecule has 0 aromatic heterocycles. The van der Waals surface area contributed by atoms with Crippen LogP contribution in [0.5, 0.6) is 0 Å². The van der Waals surface area contributed by atoms with Crippen LogP contribution in [0.4, 0.5) is 5.69 Å². The first kappa shape index (κ1) is 25.7. The van der Waals surface area contributed by atoms with Crippen molar-refractivity contribution in [1.82, 2.24) is 10.2 Å². The van der Waals surface area contributed by atoms with E-state index in [1.807, 2.05) is 37.3 Å². The highest BCUT2D eigenvalue weighted by atomic mass is 35.5. The monoisotopic (exact) mass is 525 g/mol. The molecule has 3 aliphatic heterocycles. The number of nitrogens with zero attached hydrogens (tertiary/aromatic N) is 1. The number of aliphatic hydroxyl groups is 1. The fourth-order valence-corrected chi connectivity index (χ4v) is 6.53. The number of carbonyl (C=O) groups excluding carboxylic acids is 3. The molecule has 6 atom stereocenters. The summed E-state index contributed by atoms with van der Waals surface area (Å²) in [4.78, 5) is 42.8. The number of ether oxygens (including phenoxy) is 1. The molecule has 37 heavy (non-hydrogen) atoms. The van der Waals surface area contributed by atoms with Crippen LogP contribution in [-0.4, -0.2) is 64.7 Å². The summed E-state index contributed by atoms with van der Waals surface area (Å²) in [6.07, 6.45) is 1.77. The number of amides is 3. The molecule has 1 spiro atoms. The van der Waals surface area contributed by atoms with E-state index in [-0.39, 0.29) is 18.4 Å². The molecule has 3 amide bonds.